The third kappa shape index (κ3) is 4.50. The molecule has 0 heterocycles. The lowest BCUT2D eigenvalue weighted by molar-refractivity contribution is 0.319. The molecule has 0 saturated carbocycles. The van der Waals surface area contributed by atoms with Gasteiger partial charge in [0.1, 0.15) is 0 Å². The molecule has 0 aliphatic carbocycles. The molecule has 0 fully saturated rings. The van der Waals surface area contributed by atoms with Gasteiger partial charge in [-0.1, -0.05) is 57.3 Å². The van der Waals surface area contributed by atoms with Crippen LogP contribution in [0.25, 0.3) is 0 Å². The molecular weight excluding hydrogens is 345 g/mol. The van der Waals surface area contributed by atoms with Gasteiger partial charge >= 0.3 is 0 Å². The second-order valence-corrected chi connectivity index (χ2v) is 6.30. The van der Waals surface area contributed by atoms with Crippen molar-refractivity contribution in [1.29, 1.82) is 0 Å². The molecule has 1 nitrogen and oxygen atoms in total. The van der Waals surface area contributed by atoms with Gasteiger partial charge in [-0.2, -0.15) is 0 Å². The van der Waals surface area contributed by atoms with Crippen LogP contribution in [0.15, 0.2) is 46.9 Å². The van der Waals surface area contributed by atoms with Gasteiger partial charge in [0.2, 0.25) is 0 Å². The molecule has 0 bridgehead atoms. The van der Waals surface area contributed by atoms with E-state index in [9.17, 15) is 0 Å². The third-order valence-corrected chi connectivity index (χ3v) is 3.88. The second-order valence-electron chi connectivity index (χ2n) is 4.54. The highest BCUT2D eigenvalue weighted by Crippen LogP contribution is 2.23. The van der Waals surface area contributed by atoms with Crippen molar-refractivity contribution in [2.75, 3.05) is 7.05 Å². The van der Waals surface area contributed by atoms with Crippen LogP contribution in [0.2, 0.25) is 10.0 Å². The summed E-state index contributed by atoms with van der Waals surface area (Å²) >= 11 is 15.6. The maximum Gasteiger partial charge on any atom is 0.0462 e. The summed E-state index contributed by atoms with van der Waals surface area (Å²) in [6.07, 6.45) is 0. The van der Waals surface area contributed by atoms with Crippen LogP contribution in [0.4, 0.5) is 0 Å². The first-order valence-electron chi connectivity index (χ1n) is 5.91. The fourth-order valence-corrected chi connectivity index (χ4v) is 2.89. The fourth-order valence-electron chi connectivity index (χ4n) is 1.94. The van der Waals surface area contributed by atoms with Crippen molar-refractivity contribution in [3.63, 3.8) is 0 Å². The first-order chi connectivity index (χ1) is 9.04. The van der Waals surface area contributed by atoms with Crippen molar-refractivity contribution >= 4 is 39.1 Å². The molecule has 4 heteroatoms. The Balaban J connectivity index is 2.03. The van der Waals surface area contributed by atoms with Gasteiger partial charge in [0.25, 0.3) is 0 Å². The van der Waals surface area contributed by atoms with Crippen LogP contribution in [-0.4, -0.2) is 11.9 Å². The lowest BCUT2D eigenvalue weighted by Crippen LogP contribution is -2.17. The zero-order valence-electron chi connectivity index (χ0n) is 10.5. The molecular formula is C15H14BrCl2N. The van der Waals surface area contributed by atoms with Crippen molar-refractivity contribution in [2.24, 2.45) is 0 Å². The van der Waals surface area contributed by atoms with Crippen LogP contribution >= 0.6 is 39.1 Å². The average Bonchev–Trinajstić information content (AvgIpc) is 2.33. The van der Waals surface area contributed by atoms with Crippen LogP contribution in [0.3, 0.4) is 0 Å². The fraction of sp³-hybridized carbons (Fsp3) is 0.200. The Bertz CT molecular complexity index is 572. The van der Waals surface area contributed by atoms with Crippen LogP contribution in [0.1, 0.15) is 11.1 Å². The minimum atomic E-state index is 0.771. The number of hydrogen-bond donors (Lipinski definition) is 0. The van der Waals surface area contributed by atoms with Crippen LogP contribution in [0.5, 0.6) is 0 Å². The monoisotopic (exact) mass is 357 g/mol. The summed E-state index contributed by atoms with van der Waals surface area (Å²) < 4.78 is 0.999. The van der Waals surface area contributed by atoms with Gasteiger partial charge in [-0.15, -0.1) is 0 Å². The van der Waals surface area contributed by atoms with E-state index < -0.39 is 0 Å². The van der Waals surface area contributed by atoms with Crippen LogP contribution in [0, 0.1) is 0 Å². The molecule has 0 N–H and O–H groups in total. The van der Waals surface area contributed by atoms with E-state index in [1.54, 1.807) is 0 Å². The van der Waals surface area contributed by atoms with Gasteiger partial charge in [-0.05, 0) is 42.4 Å². The molecule has 0 saturated heterocycles. The Hall–Kier alpha value is -0.540. The maximum atomic E-state index is 6.22. The van der Waals surface area contributed by atoms with Gasteiger partial charge < -0.3 is 0 Å². The summed E-state index contributed by atoms with van der Waals surface area (Å²) in [6.45, 7) is 1.64. The van der Waals surface area contributed by atoms with E-state index in [0.29, 0.717) is 0 Å². The van der Waals surface area contributed by atoms with Gasteiger partial charge in [0, 0.05) is 27.6 Å². The molecule has 2 aromatic carbocycles. The highest BCUT2D eigenvalue weighted by atomic mass is 79.9. The number of rotatable bonds is 4. The Labute approximate surface area is 132 Å². The zero-order chi connectivity index (χ0) is 13.8. The minimum absolute atomic E-state index is 0.771. The van der Waals surface area contributed by atoms with Gasteiger partial charge in [-0.3, -0.25) is 4.90 Å². The van der Waals surface area contributed by atoms with E-state index in [1.165, 1.54) is 5.56 Å². The molecule has 19 heavy (non-hydrogen) atoms. The Kier molecular flexibility index (Phi) is 5.28. The topological polar surface area (TPSA) is 3.24 Å². The van der Waals surface area contributed by atoms with Crippen molar-refractivity contribution < 1.29 is 0 Å². The van der Waals surface area contributed by atoms with Crippen LogP contribution in [-0.2, 0) is 13.1 Å². The summed E-state index contributed by atoms with van der Waals surface area (Å²) in [5.41, 5.74) is 2.32. The second kappa shape index (κ2) is 6.76. The molecule has 100 valence electrons. The molecule has 0 spiro atoms. The highest BCUT2D eigenvalue weighted by Gasteiger charge is 2.06. The first kappa shape index (κ1) is 14.9. The predicted octanol–water partition coefficient (Wildman–Crippen LogP) is 5.39. The van der Waals surface area contributed by atoms with Gasteiger partial charge in [0.05, 0.1) is 0 Å². The number of hydrogen-bond acceptors (Lipinski definition) is 1. The lowest BCUT2D eigenvalue weighted by Gasteiger charge is -2.18. The Morgan fingerprint density at radius 2 is 1.84 bits per heavy atom. The summed E-state index contributed by atoms with van der Waals surface area (Å²) in [6, 6.07) is 13.9. The number of benzene rings is 2. The normalized spacial score (nSPS) is 11.0. The summed E-state index contributed by atoms with van der Waals surface area (Å²) in [5, 5.41) is 1.56. The maximum absolute atomic E-state index is 6.22. The average molecular weight is 359 g/mol. The van der Waals surface area contributed by atoms with E-state index >= 15 is 0 Å². The van der Waals surface area contributed by atoms with Gasteiger partial charge in [-0.25, -0.2) is 0 Å². The quantitative estimate of drug-likeness (QED) is 0.708. The Morgan fingerprint density at radius 3 is 2.53 bits per heavy atom. The standard InChI is InChI=1S/C15H14BrCl2N/c1-19(9-11-3-2-4-14(17)7-11)10-12-5-6-13(16)8-15(12)18/h2-8H,9-10H2,1H3. The van der Waals surface area contributed by atoms with Crippen molar-refractivity contribution in [3.05, 3.63) is 68.1 Å². The van der Waals surface area contributed by atoms with Gasteiger partial charge in [0.15, 0.2) is 0 Å². The van der Waals surface area contributed by atoms with Crippen molar-refractivity contribution in [1.82, 2.24) is 4.90 Å². The van der Waals surface area contributed by atoms with E-state index in [0.717, 1.165) is 33.2 Å². The molecule has 0 aromatic heterocycles. The minimum Gasteiger partial charge on any atom is -0.298 e. The van der Waals surface area contributed by atoms with Crippen molar-refractivity contribution in [2.45, 2.75) is 13.1 Å². The molecule has 0 radical (unpaired) electrons. The third-order valence-electron chi connectivity index (χ3n) is 2.80. The van der Waals surface area contributed by atoms with E-state index in [4.69, 9.17) is 23.2 Å². The lowest BCUT2D eigenvalue weighted by atomic mass is 10.2. The SMILES string of the molecule is CN(Cc1cccc(Cl)c1)Cc1ccc(Br)cc1Cl. The molecule has 0 aliphatic heterocycles. The summed E-state index contributed by atoms with van der Waals surface area (Å²) in [4.78, 5) is 2.21. The number of nitrogens with zero attached hydrogens (tertiary/aromatic N) is 1. The summed E-state index contributed by atoms with van der Waals surface area (Å²) in [5.74, 6) is 0. The first-order valence-corrected chi connectivity index (χ1v) is 7.46. The highest BCUT2D eigenvalue weighted by molar-refractivity contribution is 9.10. The smallest absolute Gasteiger partial charge is 0.0462 e. The molecule has 0 aliphatic rings. The van der Waals surface area contributed by atoms with E-state index in [1.807, 2.05) is 36.4 Å². The van der Waals surface area contributed by atoms with E-state index in [2.05, 4.69) is 33.9 Å². The number of halogens is 3. The molecule has 2 aromatic rings. The van der Waals surface area contributed by atoms with Crippen LogP contribution < -0.4 is 0 Å². The largest absolute Gasteiger partial charge is 0.298 e. The molecule has 0 unspecified atom stereocenters. The molecule has 0 amide bonds. The van der Waals surface area contributed by atoms with Crippen molar-refractivity contribution in [3.8, 4) is 0 Å². The zero-order valence-corrected chi connectivity index (χ0v) is 13.6. The van der Waals surface area contributed by atoms with E-state index in [-0.39, 0.29) is 0 Å². The molecule has 0 atom stereocenters. The molecule has 2 rings (SSSR count). The Morgan fingerprint density at radius 1 is 1.05 bits per heavy atom. The predicted molar refractivity (Wildman–Crippen MR) is 85.8 cm³/mol. The summed E-state index contributed by atoms with van der Waals surface area (Å²) in [7, 11) is 2.07.